The second-order valence-electron chi connectivity index (χ2n) is 7.10. The molecule has 8 nitrogen and oxygen atoms in total. The van der Waals surface area contributed by atoms with Gasteiger partial charge in [-0.2, -0.15) is 8.42 Å². The van der Waals surface area contributed by atoms with Crippen LogP contribution in [0.25, 0.3) is 0 Å². The Kier molecular flexibility index (Phi) is 7.55. The molecular formula is C18H25FO8S. The van der Waals surface area contributed by atoms with Gasteiger partial charge in [-0.3, -0.25) is 0 Å². The van der Waals surface area contributed by atoms with Crippen LogP contribution in [0.4, 0.5) is 3.89 Å². The van der Waals surface area contributed by atoms with E-state index >= 15 is 0 Å². The second kappa shape index (κ2) is 8.87. The Morgan fingerprint density at radius 3 is 2.07 bits per heavy atom. The number of benzene rings is 1. The van der Waals surface area contributed by atoms with E-state index in [0.29, 0.717) is 11.1 Å². The van der Waals surface area contributed by atoms with E-state index in [-0.39, 0.29) is 35.7 Å². The zero-order valence-corrected chi connectivity index (χ0v) is 17.8. The van der Waals surface area contributed by atoms with Gasteiger partial charge in [0.05, 0.1) is 19.3 Å². The number of halogens is 1. The number of carbonyl (C=O) groups excluding carboxylic acids is 2. The van der Waals surface area contributed by atoms with E-state index in [4.69, 9.17) is 14.2 Å². The highest BCUT2D eigenvalue weighted by Gasteiger charge is 2.26. The minimum absolute atomic E-state index is 0.0302. The molecule has 0 N–H and O–H groups in total. The molecule has 0 saturated carbocycles. The average molecular weight is 420 g/mol. The molecule has 0 unspecified atom stereocenters. The molecule has 158 valence electrons. The summed E-state index contributed by atoms with van der Waals surface area (Å²) >= 11 is 0. The van der Waals surface area contributed by atoms with E-state index in [1.54, 1.807) is 27.7 Å². The van der Waals surface area contributed by atoms with Crippen LogP contribution >= 0.6 is 0 Å². The summed E-state index contributed by atoms with van der Waals surface area (Å²) in [4.78, 5) is 23.9. The minimum atomic E-state index is -5.32. The first-order valence-corrected chi connectivity index (χ1v) is 9.63. The molecule has 0 spiro atoms. The standard InChI is InChI=1S/C18H25FO8S/c1-10-13(8-25-9-14(20)26-18(4,5)6)11(2)16(27-28(19,22)23)12(3)15(10)17(21)24-7/h8-9H2,1-7H3. The van der Waals surface area contributed by atoms with Gasteiger partial charge in [-0.05, 0) is 58.2 Å². The maximum absolute atomic E-state index is 13.1. The predicted octanol–water partition coefficient (Wildman–Crippen LogP) is 2.85. The second-order valence-corrected chi connectivity index (χ2v) is 8.06. The number of hydrogen-bond acceptors (Lipinski definition) is 8. The lowest BCUT2D eigenvalue weighted by atomic mass is 9.92. The average Bonchev–Trinajstić information content (AvgIpc) is 2.52. The first-order valence-electron chi connectivity index (χ1n) is 8.32. The summed E-state index contributed by atoms with van der Waals surface area (Å²) in [6.45, 7) is 9.12. The molecule has 0 fully saturated rings. The molecule has 1 rings (SSSR count). The van der Waals surface area contributed by atoms with Crippen molar-refractivity contribution in [3.63, 3.8) is 0 Å². The number of methoxy groups -OCH3 is 1. The van der Waals surface area contributed by atoms with E-state index in [2.05, 4.69) is 4.18 Å². The topological polar surface area (TPSA) is 105 Å². The van der Waals surface area contributed by atoms with Gasteiger partial charge in [0.15, 0.2) is 5.75 Å². The van der Waals surface area contributed by atoms with Crippen molar-refractivity contribution in [1.29, 1.82) is 0 Å². The lowest BCUT2D eigenvalue weighted by Crippen LogP contribution is -2.26. The zero-order valence-electron chi connectivity index (χ0n) is 17.0. The first kappa shape index (κ1) is 23.8. The zero-order chi connectivity index (χ0) is 21.9. The van der Waals surface area contributed by atoms with Crippen molar-refractivity contribution >= 4 is 22.4 Å². The summed E-state index contributed by atoms with van der Waals surface area (Å²) in [6, 6.07) is 0. The van der Waals surface area contributed by atoms with Gasteiger partial charge < -0.3 is 18.4 Å². The molecule has 0 heterocycles. The van der Waals surface area contributed by atoms with E-state index in [1.807, 2.05) is 0 Å². The molecule has 0 aliphatic rings. The van der Waals surface area contributed by atoms with Gasteiger partial charge in [0.25, 0.3) is 0 Å². The highest BCUT2D eigenvalue weighted by Crippen LogP contribution is 2.35. The third-order valence-electron chi connectivity index (χ3n) is 3.80. The Morgan fingerprint density at radius 2 is 1.61 bits per heavy atom. The van der Waals surface area contributed by atoms with Crippen molar-refractivity contribution in [3.8, 4) is 5.75 Å². The summed E-state index contributed by atoms with van der Waals surface area (Å²) in [5.74, 6) is -1.67. The Balaban J connectivity index is 3.28. The molecule has 10 heteroatoms. The van der Waals surface area contributed by atoms with Crippen molar-refractivity contribution in [2.24, 2.45) is 0 Å². The van der Waals surface area contributed by atoms with Crippen molar-refractivity contribution in [3.05, 3.63) is 27.8 Å². The van der Waals surface area contributed by atoms with Crippen LogP contribution < -0.4 is 4.18 Å². The summed E-state index contributed by atoms with van der Waals surface area (Å²) < 4.78 is 54.8. The van der Waals surface area contributed by atoms with Crippen LogP contribution in [0.1, 0.15) is 53.4 Å². The van der Waals surface area contributed by atoms with Crippen molar-refractivity contribution in [1.82, 2.24) is 0 Å². The van der Waals surface area contributed by atoms with Crippen LogP contribution in [0.5, 0.6) is 5.75 Å². The number of esters is 2. The fourth-order valence-electron chi connectivity index (χ4n) is 2.70. The fraction of sp³-hybridized carbons (Fsp3) is 0.556. The fourth-order valence-corrected chi connectivity index (χ4v) is 3.15. The van der Waals surface area contributed by atoms with Gasteiger partial charge >= 0.3 is 22.4 Å². The van der Waals surface area contributed by atoms with Gasteiger partial charge in [-0.15, -0.1) is 0 Å². The van der Waals surface area contributed by atoms with Gasteiger partial charge in [0.2, 0.25) is 0 Å². The highest BCUT2D eigenvalue weighted by molar-refractivity contribution is 7.81. The van der Waals surface area contributed by atoms with Crippen LogP contribution in [0, 0.1) is 20.8 Å². The largest absolute Gasteiger partial charge is 0.488 e. The monoisotopic (exact) mass is 420 g/mol. The number of carbonyl (C=O) groups is 2. The molecule has 0 aromatic heterocycles. The van der Waals surface area contributed by atoms with Crippen LogP contribution in [0.15, 0.2) is 0 Å². The Hall–Kier alpha value is -2.20. The number of rotatable bonds is 7. The maximum Gasteiger partial charge on any atom is 0.488 e. The van der Waals surface area contributed by atoms with Gasteiger partial charge in [-0.1, -0.05) is 3.89 Å². The van der Waals surface area contributed by atoms with Crippen molar-refractivity contribution < 1.29 is 40.3 Å². The summed E-state index contributed by atoms with van der Waals surface area (Å²) in [5, 5.41) is 0. The van der Waals surface area contributed by atoms with Crippen LogP contribution in [0.2, 0.25) is 0 Å². The van der Waals surface area contributed by atoms with E-state index in [1.165, 1.54) is 13.8 Å². The highest BCUT2D eigenvalue weighted by atomic mass is 32.3. The summed E-state index contributed by atoms with van der Waals surface area (Å²) in [7, 11) is -4.16. The van der Waals surface area contributed by atoms with Crippen LogP contribution in [-0.2, 0) is 36.1 Å². The molecule has 28 heavy (non-hydrogen) atoms. The summed E-state index contributed by atoms with van der Waals surface area (Å²) in [5.41, 5.74) is 0.530. The lowest BCUT2D eigenvalue weighted by molar-refractivity contribution is -0.160. The van der Waals surface area contributed by atoms with Gasteiger partial charge in [-0.25, -0.2) is 9.59 Å². The predicted molar refractivity (Wildman–Crippen MR) is 98.1 cm³/mol. The lowest BCUT2D eigenvalue weighted by Gasteiger charge is -2.21. The smallest absolute Gasteiger partial charge is 0.465 e. The molecule has 0 aliphatic carbocycles. The molecule has 0 radical (unpaired) electrons. The number of ether oxygens (including phenoxy) is 3. The van der Waals surface area contributed by atoms with E-state index in [9.17, 15) is 21.9 Å². The third-order valence-corrected chi connectivity index (χ3v) is 4.16. The normalized spacial score (nSPS) is 11.9. The molecular weight excluding hydrogens is 395 g/mol. The Labute approximate surface area is 164 Å². The summed E-state index contributed by atoms with van der Waals surface area (Å²) in [6.07, 6.45) is 0. The molecule has 0 atom stereocenters. The third kappa shape index (κ3) is 6.45. The van der Waals surface area contributed by atoms with E-state index < -0.39 is 28.0 Å². The molecule has 0 bridgehead atoms. The molecule has 0 saturated heterocycles. The van der Waals surface area contributed by atoms with Crippen LogP contribution in [0.3, 0.4) is 0 Å². The SMILES string of the molecule is COC(=O)c1c(C)c(COCC(=O)OC(C)(C)C)c(C)c(OS(=O)(=O)F)c1C. The number of hydrogen-bond donors (Lipinski definition) is 0. The Bertz CT molecular complexity index is 869. The Morgan fingerprint density at radius 1 is 1.04 bits per heavy atom. The molecule has 0 aliphatic heterocycles. The first-order chi connectivity index (χ1) is 12.7. The molecule has 1 aromatic carbocycles. The quantitative estimate of drug-likeness (QED) is 0.490. The van der Waals surface area contributed by atoms with Crippen molar-refractivity contribution in [2.75, 3.05) is 13.7 Å². The van der Waals surface area contributed by atoms with E-state index in [0.717, 1.165) is 7.11 Å². The van der Waals surface area contributed by atoms with Crippen LogP contribution in [-0.4, -0.2) is 39.7 Å². The van der Waals surface area contributed by atoms with Gasteiger partial charge in [0, 0.05) is 5.56 Å². The maximum atomic E-state index is 13.1. The van der Waals surface area contributed by atoms with Gasteiger partial charge in [0.1, 0.15) is 12.2 Å². The minimum Gasteiger partial charge on any atom is -0.465 e. The van der Waals surface area contributed by atoms with Crippen molar-refractivity contribution in [2.45, 2.75) is 53.8 Å². The molecule has 1 aromatic rings. The molecule has 0 amide bonds.